The Bertz CT molecular complexity index is 1130. The molecule has 0 unspecified atom stereocenters. The average molecular weight is 475 g/mol. The van der Waals surface area contributed by atoms with Crippen LogP contribution < -0.4 is 9.21 Å². The fourth-order valence-electron chi connectivity index (χ4n) is 3.27. The molecule has 0 spiro atoms. The first-order valence-corrected chi connectivity index (χ1v) is 11.1. The van der Waals surface area contributed by atoms with E-state index in [9.17, 15) is 18.0 Å². The highest BCUT2D eigenvalue weighted by Gasteiger charge is 2.26. The van der Waals surface area contributed by atoms with Crippen LogP contribution in [0.3, 0.4) is 0 Å². The van der Waals surface area contributed by atoms with Crippen LogP contribution in [0.4, 0.5) is 24.8 Å². The fourth-order valence-corrected chi connectivity index (χ4v) is 4.20. The minimum atomic E-state index is -1.64. The van der Waals surface area contributed by atoms with Gasteiger partial charge >= 0.3 is 0 Å². The molecule has 3 aromatic rings. The molecule has 0 aliphatic carbocycles. The van der Waals surface area contributed by atoms with Crippen molar-refractivity contribution < 1.29 is 18.0 Å². The Balaban J connectivity index is 1.58. The van der Waals surface area contributed by atoms with E-state index in [1.807, 2.05) is 0 Å². The maximum absolute atomic E-state index is 14.6. The molecule has 0 saturated carbocycles. The molecule has 1 fully saturated rings. The summed E-state index contributed by atoms with van der Waals surface area (Å²) >= 11 is 0.925. The Morgan fingerprint density at radius 1 is 1.06 bits per heavy atom. The van der Waals surface area contributed by atoms with Gasteiger partial charge in [0.15, 0.2) is 17.5 Å². The molecule has 7 nitrogen and oxygen atoms in total. The smallest absolute Gasteiger partial charge is 0.270 e. The fraction of sp³-hybridized carbons (Fsp3) is 0.273. The van der Waals surface area contributed by atoms with Gasteiger partial charge in [-0.2, -0.15) is 0 Å². The highest BCUT2D eigenvalue weighted by molar-refractivity contribution is 8.00. The van der Waals surface area contributed by atoms with E-state index in [0.29, 0.717) is 11.6 Å². The van der Waals surface area contributed by atoms with Gasteiger partial charge in [-0.05, 0) is 49.3 Å². The van der Waals surface area contributed by atoms with Crippen LogP contribution >= 0.6 is 11.9 Å². The molecule has 172 valence electrons. The number of rotatable bonds is 6. The largest absolute Gasteiger partial charge is 0.338 e. The molecule has 11 heteroatoms. The van der Waals surface area contributed by atoms with E-state index < -0.39 is 23.4 Å². The Labute approximate surface area is 193 Å². The van der Waals surface area contributed by atoms with Gasteiger partial charge in [-0.15, -0.1) is 0 Å². The molecule has 1 aromatic carbocycles. The number of benzene rings is 1. The van der Waals surface area contributed by atoms with Crippen LogP contribution in [0.25, 0.3) is 0 Å². The highest BCUT2D eigenvalue weighted by atomic mass is 32.2. The molecule has 0 bridgehead atoms. The summed E-state index contributed by atoms with van der Waals surface area (Å²) in [6, 6.07) is 6.58. The first kappa shape index (κ1) is 23.0. The lowest BCUT2D eigenvalue weighted by atomic mass is 10.2. The lowest BCUT2D eigenvalue weighted by Gasteiger charge is -2.32. The quantitative estimate of drug-likeness (QED) is 0.400. The zero-order valence-electron chi connectivity index (χ0n) is 17.8. The van der Waals surface area contributed by atoms with Crippen LogP contribution in [-0.2, 0) is 5.75 Å². The standard InChI is InChI=1S/C22H21F3N6OS/c1-29-9-11-30(12-10-29)22-27-8-6-16(28-22)14-33-31(21(32)15-3-2-7-26-13-15)18-5-4-17(23)19(24)20(18)25/h2-8,13H,9-12,14H2,1H3. The predicted octanol–water partition coefficient (Wildman–Crippen LogP) is 3.54. The summed E-state index contributed by atoms with van der Waals surface area (Å²) in [6.45, 7) is 3.37. The summed E-state index contributed by atoms with van der Waals surface area (Å²) in [4.78, 5) is 30.2. The highest BCUT2D eigenvalue weighted by Crippen LogP contribution is 2.31. The van der Waals surface area contributed by atoms with Crippen LogP contribution in [0.2, 0.25) is 0 Å². The van der Waals surface area contributed by atoms with E-state index in [4.69, 9.17) is 0 Å². The minimum absolute atomic E-state index is 0.174. The van der Waals surface area contributed by atoms with Gasteiger partial charge < -0.3 is 9.80 Å². The van der Waals surface area contributed by atoms with Crippen molar-refractivity contribution in [1.82, 2.24) is 19.9 Å². The van der Waals surface area contributed by atoms with Crippen LogP contribution in [0.5, 0.6) is 0 Å². The number of piperazine rings is 1. The van der Waals surface area contributed by atoms with Crippen molar-refractivity contribution >= 4 is 29.5 Å². The summed E-state index contributed by atoms with van der Waals surface area (Å²) < 4.78 is 43.0. The topological polar surface area (TPSA) is 65.5 Å². The van der Waals surface area contributed by atoms with Gasteiger partial charge in [0.1, 0.15) is 0 Å². The summed E-state index contributed by atoms with van der Waals surface area (Å²) in [5.41, 5.74) is 0.395. The Kier molecular flexibility index (Phi) is 7.09. The van der Waals surface area contributed by atoms with Crippen molar-refractivity contribution in [3.05, 3.63) is 77.6 Å². The third-order valence-corrected chi connectivity index (χ3v) is 6.20. The van der Waals surface area contributed by atoms with Gasteiger partial charge in [0.05, 0.1) is 22.7 Å². The van der Waals surface area contributed by atoms with Gasteiger partial charge in [-0.25, -0.2) is 27.4 Å². The summed E-state index contributed by atoms with van der Waals surface area (Å²) in [5.74, 6) is -4.29. The van der Waals surface area contributed by atoms with Gasteiger partial charge in [-0.3, -0.25) is 9.78 Å². The number of carbonyl (C=O) groups excluding carboxylic acids is 1. The van der Waals surface area contributed by atoms with Crippen molar-refractivity contribution in [1.29, 1.82) is 0 Å². The van der Waals surface area contributed by atoms with E-state index in [0.717, 1.165) is 54.6 Å². The number of nitrogens with zero attached hydrogens (tertiary/aromatic N) is 6. The van der Waals surface area contributed by atoms with Gasteiger partial charge in [0.25, 0.3) is 5.91 Å². The molecule has 3 heterocycles. The van der Waals surface area contributed by atoms with Crippen LogP contribution in [0.1, 0.15) is 16.1 Å². The number of anilines is 2. The van der Waals surface area contributed by atoms with Crippen molar-refractivity contribution in [2.24, 2.45) is 0 Å². The van der Waals surface area contributed by atoms with Crippen molar-refractivity contribution in [2.75, 3.05) is 42.4 Å². The summed E-state index contributed by atoms with van der Waals surface area (Å²) in [6.07, 6.45) is 4.44. The van der Waals surface area contributed by atoms with E-state index in [1.54, 1.807) is 18.3 Å². The molecule has 1 aliphatic heterocycles. The molecule has 1 aliphatic rings. The molecular formula is C22H21F3N6OS. The summed E-state index contributed by atoms with van der Waals surface area (Å²) in [5, 5.41) is 0. The van der Waals surface area contributed by atoms with Crippen molar-refractivity contribution in [2.45, 2.75) is 5.75 Å². The SMILES string of the molecule is CN1CCN(c2nccc(CSN(C(=O)c3cccnc3)c3ccc(F)c(F)c3F)n2)CC1. The minimum Gasteiger partial charge on any atom is -0.338 e. The number of aromatic nitrogens is 3. The van der Waals surface area contributed by atoms with Crippen LogP contribution in [-0.4, -0.2) is 59.0 Å². The van der Waals surface area contributed by atoms with E-state index >= 15 is 0 Å². The van der Waals surface area contributed by atoms with Crippen LogP contribution in [0, 0.1) is 17.5 Å². The molecule has 2 aromatic heterocycles. The molecule has 0 N–H and O–H groups in total. The molecule has 1 amide bonds. The monoisotopic (exact) mass is 474 g/mol. The Morgan fingerprint density at radius 2 is 1.85 bits per heavy atom. The van der Waals surface area contributed by atoms with Gasteiger partial charge in [0.2, 0.25) is 5.95 Å². The number of halogens is 3. The lowest BCUT2D eigenvalue weighted by molar-refractivity contribution is 0.101. The summed E-state index contributed by atoms with van der Waals surface area (Å²) in [7, 11) is 2.05. The van der Waals surface area contributed by atoms with Gasteiger partial charge in [0, 0.05) is 44.8 Å². The molecule has 4 rings (SSSR count). The second-order valence-electron chi connectivity index (χ2n) is 7.45. The molecule has 0 radical (unpaired) electrons. The predicted molar refractivity (Wildman–Crippen MR) is 120 cm³/mol. The maximum atomic E-state index is 14.6. The van der Waals surface area contributed by atoms with Crippen LogP contribution in [0.15, 0.2) is 48.9 Å². The lowest BCUT2D eigenvalue weighted by Crippen LogP contribution is -2.45. The number of pyridine rings is 1. The molecule has 33 heavy (non-hydrogen) atoms. The molecule has 1 saturated heterocycles. The zero-order chi connectivity index (χ0) is 23.4. The first-order chi connectivity index (χ1) is 15.9. The third-order valence-electron chi connectivity index (χ3n) is 5.15. The Hall–Kier alpha value is -3.18. The zero-order valence-corrected chi connectivity index (χ0v) is 18.6. The molecule has 0 atom stereocenters. The third kappa shape index (κ3) is 5.25. The first-order valence-electron chi connectivity index (χ1n) is 10.2. The number of carbonyl (C=O) groups is 1. The number of likely N-dealkylation sites (N-methyl/N-ethyl adjacent to an activating group) is 1. The number of amides is 1. The van der Waals surface area contributed by atoms with E-state index in [-0.39, 0.29) is 17.0 Å². The number of hydrogen-bond acceptors (Lipinski definition) is 7. The molecular weight excluding hydrogens is 453 g/mol. The van der Waals surface area contributed by atoms with Crippen molar-refractivity contribution in [3.63, 3.8) is 0 Å². The van der Waals surface area contributed by atoms with Crippen molar-refractivity contribution in [3.8, 4) is 0 Å². The second kappa shape index (κ2) is 10.2. The van der Waals surface area contributed by atoms with E-state index in [2.05, 4.69) is 31.8 Å². The van der Waals surface area contributed by atoms with E-state index in [1.165, 1.54) is 18.5 Å². The second-order valence-corrected chi connectivity index (χ2v) is 8.36. The normalized spacial score (nSPS) is 14.4. The average Bonchev–Trinajstić information content (AvgIpc) is 2.85. The van der Waals surface area contributed by atoms with Gasteiger partial charge in [-0.1, -0.05) is 0 Å². The maximum Gasteiger partial charge on any atom is 0.270 e. The number of hydrogen-bond donors (Lipinski definition) is 0. The Morgan fingerprint density at radius 3 is 2.58 bits per heavy atom.